The fourth-order valence-corrected chi connectivity index (χ4v) is 3.38. The number of benzene rings is 1. The maximum Gasteiger partial charge on any atom is 0.266 e. The van der Waals surface area contributed by atoms with E-state index in [-0.39, 0.29) is 5.52 Å². The van der Waals surface area contributed by atoms with Crippen molar-refractivity contribution in [2.24, 2.45) is 0 Å². The molecule has 0 aliphatic carbocycles. The molecule has 6 nitrogen and oxygen atoms in total. The van der Waals surface area contributed by atoms with Crippen LogP contribution in [0, 0.1) is 18.7 Å². The predicted octanol–water partition coefficient (Wildman–Crippen LogP) is 2.23. The fourth-order valence-electron chi connectivity index (χ4n) is 3.38. The Labute approximate surface area is 154 Å². The van der Waals surface area contributed by atoms with Gasteiger partial charge < -0.3 is 9.88 Å². The molecule has 4 rings (SSSR count). The van der Waals surface area contributed by atoms with Gasteiger partial charge in [-0.05, 0) is 25.1 Å². The Hall–Kier alpha value is -2.87. The minimum Gasteiger partial charge on any atom is -0.365 e. The molecule has 1 aromatic carbocycles. The van der Waals surface area contributed by atoms with Crippen LogP contribution in [0.3, 0.4) is 0 Å². The molecule has 3 heterocycles. The average molecular weight is 371 g/mol. The number of fused-ring (bicyclic) bond motifs is 1. The maximum absolute atomic E-state index is 14.7. The van der Waals surface area contributed by atoms with Crippen molar-refractivity contribution in [3.63, 3.8) is 0 Å². The third-order valence-corrected chi connectivity index (χ3v) is 4.84. The standard InChI is InChI=1S/C19H19F2N5O/c1-12-2-5-15(19(21)23-12)26-8-6-25(7-9-26)11-13-3-4-14-18(17(13)20)24-16(27)10-22-14/h2-5,10H,6-9,11H2,1H3,(H,24,27). The van der Waals surface area contributed by atoms with Crippen LogP contribution >= 0.6 is 0 Å². The Bertz CT molecular complexity index is 1040. The SMILES string of the molecule is Cc1ccc(N2CCN(Cc3ccc4ncc(=O)[nH]c4c3F)CC2)c(F)n1. The highest BCUT2D eigenvalue weighted by molar-refractivity contribution is 5.75. The molecule has 0 radical (unpaired) electrons. The number of nitrogens with zero attached hydrogens (tertiary/aromatic N) is 4. The third-order valence-electron chi connectivity index (χ3n) is 4.84. The van der Waals surface area contributed by atoms with Gasteiger partial charge in [0.1, 0.15) is 5.52 Å². The van der Waals surface area contributed by atoms with Gasteiger partial charge in [-0.1, -0.05) is 6.07 Å². The molecule has 140 valence electrons. The zero-order valence-electron chi connectivity index (χ0n) is 14.9. The number of hydrogen-bond acceptors (Lipinski definition) is 5. The Balaban J connectivity index is 1.47. The lowest BCUT2D eigenvalue weighted by Crippen LogP contribution is -2.46. The van der Waals surface area contributed by atoms with Gasteiger partial charge in [0.2, 0.25) is 5.95 Å². The van der Waals surface area contributed by atoms with Gasteiger partial charge >= 0.3 is 0 Å². The van der Waals surface area contributed by atoms with Gasteiger partial charge in [-0.3, -0.25) is 9.69 Å². The highest BCUT2D eigenvalue weighted by Gasteiger charge is 2.21. The number of aromatic nitrogens is 3. The molecule has 1 aliphatic rings. The smallest absolute Gasteiger partial charge is 0.266 e. The molecule has 2 aromatic heterocycles. The molecule has 1 saturated heterocycles. The Kier molecular flexibility index (Phi) is 4.57. The van der Waals surface area contributed by atoms with Crippen LogP contribution in [0.1, 0.15) is 11.3 Å². The fraction of sp³-hybridized carbons (Fsp3) is 0.316. The molecule has 8 heteroatoms. The second-order valence-corrected chi connectivity index (χ2v) is 6.71. The van der Waals surface area contributed by atoms with E-state index >= 15 is 0 Å². The van der Waals surface area contributed by atoms with E-state index in [1.807, 2.05) is 4.90 Å². The zero-order valence-corrected chi connectivity index (χ0v) is 14.9. The van der Waals surface area contributed by atoms with Gasteiger partial charge in [0, 0.05) is 44.0 Å². The number of rotatable bonds is 3. The van der Waals surface area contributed by atoms with E-state index < -0.39 is 17.3 Å². The molecule has 0 amide bonds. The molecule has 3 aromatic rings. The van der Waals surface area contributed by atoms with Crippen molar-refractivity contribution >= 4 is 16.7 Å². The first-order valence-electron chi connectivity index (χ1n) is 8.78. The second-order valence-electron chi connectivity index (χ2n) is 6.71. The summed E-state index contributed by atoms with van der Waals surface area (Å²) in [6.45, 7) is 4.79. The van der Waals surface area contributed by atoms with E-state index in [4.69, 9.17) is 0 Å². The van der Waals surface area contributed by atoms with Gasteiger partial charge in [-0.15, -0.1) is 0 Å². The molecule has 0 spiro atoms. The first kappa shape index (κ1) is 17.5. The predicted molar refractivity (Wildman–Crippen MR) is 98.7 cm³/mol. The van der Waals surface area contributed by atoms with Crippen molar-refractivity contribution in [1.29, 1.82) is 0 Å². The summed E-state index contributed by atoms with van der Waals surface area (Å²) in [6, 6.07) is 6.94. The highest BCUT2D eigenvalue weighted by atomic mass is 19.1. The largest absolute Gasteiger partial charge is 0.365 e. The molecule has 1 N–H and O–H groups in total. The van der Waals surface area contributed by atoms with E-state index in [0.29, 0.717) is 55.2 Å². The van der Waals surface area contributed by atoms with Crippen LogP contribution in [0.25, 0.3) is 11.0 Å². The van der Waals surface area contributed by atoms with Crippen molar-refractivity contribution in [3.05, 3.63) is 63.8 Å². The number of nitrogens with one attached hydrogen (secondary N) is 1. The van der Waals surface area contributed by atoms with Crippen molar-refractivity contribution in [3.8, 4) is 0 Å². The highest BCUT2D eigenvalue weighted by Crippen LogP contribution is 2.22. The van der Waals surface area contributed by atoms with Crippen LogP contribution in [0.4, 0.5) is 14.5 Å². The molecule has 1 fully saturated rings. The minimum absolute atomic E-state index is 0.131. The lowest BCUT2D eigenvalue weighted by molar-refractivity contribution is 0.246. The number of H-pyrrole nitrogens is 1. The number of aromatic amines is 1. The molecule has 27 heavy (non-hydrogen) atoms. The Morgan fingerprint density at radius 2 is 1.89 bits per heavy atom. The molecule has 0 unspecified atom stereocenters. The normalized spacial score (nSPS) is 15.4. The number of piperazine rings is 1. The monoisotopic (exact) mass is 371 g/mol. The van der Waals surface area contributed by atoms with Crippen LogP contribution in [0.15, 0.2) is 35.3 Å². The summed E-state index contributed by atoms with van der Waals surface area (Å²) >= 11 is 0. The van der Waals surface area contributed by atoms with Crippen molar-refractivity contribution in [2.45, 2.75) is 13.5 Å². The van der Waals surface area contributed by atoms with Crippen LogP contribution in [-0.4, -0.2) is 46.0 Å². The van der Waals surface area contributed by atoms with Gasteiger partial charge in [0.05, 0.1) is 17.4 Å². The lowest BCUT2D eigenvalue weighted by Gasteiger charge is -2.36. The van der Waals surface area contributed by atoms with Gasteiger partial charge in [0.15, 0.2) is 5.82 Å². The van der Waals surface area contributed by atoms with Crippen LogP contribution < -0.4 is 10.5 Å². The van der Waals surface area contributed by atoms with E-state index in [1.54, 1.807) is 31.2 Å². The first-order chi connectivity index (χ1) is 13.0. The molecule has 0 atom stereocenters. The summed E-state index contributed by atoms with van der Waals surface area (Å²) in [7, 11) is 0. The summed E-state index contributed by atoms with van der Waals surface area (Å²) in [6.07, 6.45) is 1.14. The molecule has 0 saturated carbocycles. The number of aryl methyl sites for hydroxylation is 1. The van der Waals surface area contributed by atoms with Gasteiger partial charge in [-0.2, -0.15) is 4.39 Å². The van der Waals surface area contributed by atoms with E-state index in [0.717, 1.165) is 6.20 Å². The second kappa shape index (κ2) is 7.03. The number of anilines is 1. The minimum atomic E-state index is -0.458. The third kappa shape index (κ3) is 3.52. The number of hydrogen-bond donors (Lipinski definition) is 1. The quantitative estimate of drug-likeness (QED) is 0.716. The molecular formula is C19H19F2N5O. The molecule has 1 aliphatic heterocycles. The van der Waals surface area contributed by atoms with E-state index in [1.165, 1.54) is 0 Å². The number of halogens is 2. The Morgan fingerprint density at radius 1 is 1.11 bits per heavy atom. The van der Waals surface area contributed by atoms with Crippen molar-refractivity contribution in [1.82, 2.24) is 19.9 Å². The maximum atomic E-state index is 14.7. The van der Waals surface area contributed by atoms with E-state index in [9.17, 15) is 13.6 Å². The summed E-state index contributed by atoms with van der Waals surface area (Å²) in [5, 5.41) is 0. The average Bonchev–Trinajstić information content (AvgIpc) is 2.65. The lowest BCUT2D eigenvalue weighted by atomic mass is 10.1. The van der Waals surface area contributed by atoms with Crippen LogP contribution in [0.5, 0.6) is 0 Å². The topological polar surface area (TPSA) is 65.1 Å². The van der Waals surface area contributed by atoms with Crippen molar-refractivity contribution in [2.75, 3.05) is 31.1 Å². The summed E-state index contributed by atoms with van der Waals surface area (Å²) in [4.78, 5) is 25.8. The van der Waals surface area contributed by atoms with Crippen LogP contribution in [-0.2, 0) is 6.54 Å². The van der Waals surface area contributed by atoms with Gasteiger partial charge in [0.25, 0.3) is 5.56 Å². The summed E-state index contributed by atoms with van der Waals surface area (Å²) in [5.41, 5.74) is 1.77. The molecule has 0 bridgehead atoms. The summed E-state index contributed by atoms with van der Waals surface area (Å²) in [5.74, 6) is -0.908. The van der Waals surface area contributed by atoms with Crippen molar-refractivity contribution < 1.29 is 8.78 Å². The van der Waals surface area contributed by atoms with E-state index in [2.05, 4.69) is 19.9 Å². The zero-order chi connectivity index (χ0) is 19.0. The summed E-state index contributed by atoms with van der Waals surface area (Å²) < 4.78 is 28.8. The molecular weight excluding hydrogens is 352 g/mol. The number of pyridine rings is 1. The van der Waals surface area contributed by atoms with Gasteiger partial charge in [-0.25, -0.2) is 14.4 Å². The first-order valence-corrected chi connectivity index (χ1v) is 8.78. The Morgan fingerprint density at radius 3 is 2.63 bits per heavy atom. The van der Waals surface area contributed by atoms with Crippen LogP contribution in [0.2, 0.25) is 0 Å².